The molecule has 3 heterocycles. The number of nitrogens with zero attached hydrogens (tertiary/aromatic N) is 3. The standard InChI is InChI=1S/C8H12N4S/c1-6-3-12(4-7(6)2-9-1)8-11-10-5-13-8/h5-7,9H,1-4H2/t6-,7+. The van der Waals surface area contributed by atoms with Crippen LogP contribution in [0.3, 0.4) is 0 Å². The molecule has 2 saturated heterocycles. The fourth-order valence-corrected chi connectivity index (χ4v) is 2.90. The largest absolute Gasteiger partial charge is 0.346 e. The maximum Gasteiger partial charge on any atom is 0.208 e. The summed E-state index contributed by atoms with van der Waals surface area (Å²) in [4.78, 5) is 2.37. The van der Waals surface area contributed by atoms with Crippen LogP contribution in [0.2, 0.25) is 0 Å². The second-order valence-corrected chi connectivity index (χ2v) is 4.62. The summed E-state index contributed by atoms with van der Waals surface area (Å²) in [6.45, 7) is 4.68. The van der Waals surface area contributed by atoms with Gasteiger partial charge in [-0.1, -0.05) is 11.3 Å². The topological polar surface area (TPSA) is 41.1 Å². The van der Waals surface area contributed by atoms with Crippen molar-refractivity contribution in [3.63, 3.8) is 0 Å². The van der Waals surface area contributed by atoms with E-state index in [2.05, 4.69) is 20.4 Å². The summed E-state index contributed by atoms with van der Waals surface area (Å²) < 4.78 is 0. The highest BCUT2D eigenvalue weighted by Crippen LogP contribution is 2.30. The molecule has 2 atom stereocenters. The molecule has 4 nitrogen and oxygen atoms in total. The zero-order valence-electron chi connectivity index (χ0n) is 7.31. The van der Waals surface area contributed by atoms with Crippen LogP contribution in [0.5, 0.6) is 0 Å². The number of fused-ring (bicyclic) bond motifs is 1. The summed E-state index contributed by atoms with van der Waals surface area (Å²) in [6, 6.07) is 0. The van der Waals surface area contributed by atoms with E-state index in [-0.39, 0.29) is 0 Å². The molecule has 0 aliphatic carbocycles. The minimum Gasteiger partial charge on any atom is -0.346 e. The molecule has 0 spiro atoms. The van der Waals surface area contributed by atoms with E-state index in [9.17, 15) is 0 Å². The molecule has 70 valence electrons. The van der Waals surface area contributed by atoms with Crippen molar-refractivity contribution in [3.05, 3.63) is 5.51 Å². The van der Waals surface area contributed by atoms with E-state index in [1.807, 2.05) is 5.51 Å². The Morgan fingerprint density at radius 3 is 2.77 bits per heavy atom. The van der Waals surface area contributed by atoms with Crippen LogP contribution in [-0.2, 0) is 0 Å². The smallest absolute Gasteiger partial charge is 0.208 e. The molecular formula is C8H12N4S. The maximum absolute atomic E-state index is 4.10. The molecule has 0 unspecified atom stereocenters. The van der Waals surface area contributed by atoms with Gasteiger partial charge in [-0.3, -0.25) is 0 Å². The van der Waals surface area contributed by atoms with Gasteiger partial charge >= 0.3 is 0 Å². The van der Waals surface area contributed by atoms with Gasteiger partial charge in [0, 0.05) is 26.2 Å². The first kappa shape index (κ1) is 7.70. The van der Waals surface area contributed by atoms with Crippen molar-refractivity contribution in [3.8, 4) is 0 Å². The molecule has 0 aromatic carbocycles. The zero-order chi connectivity index (χ0) is 8.67. The highest BCUT2D eigenvalue weighted by Gasteiger charge is 2.36. The second-order valence-electron chi connectivity index (χ2n) is 3.80. The van der Waals surface area contributed by atoms with E-state index in [0.717, 1.165) is 30.1 Å². The minimum atomic E-state index is 0.837. The van der Waals surface area contributed by atoms with Crippen LogP contribution < -0.4 is 10.2 Å². The molecule has 1 aromatic heterocycles. The minimum absolute atomic E-state index is 0.837. The van der Waals surface area contributed by atoms with Gasteiger partial charge < -0.3 is 10.2 Å². The van der Waals surface area contributed by atoms with Gasteiger partial charge in [-0.05, 0) is 11.8 Å². The van der Waals surface area contributed by atoms with E-state index >= 15 is 0 Å². The predicted molar refractivity (Wildman–Crippen MR) is 52.0 cm³/mol. The first-order chi connectivity index (χ1) is 6.43. The Balaban J connectivity index is 1.76. The Morgan fingerprint density at radius 1 is 1.38 bits per heavy atom. The monoisotopic (exact) mass is 196 g/mol. The van der Waals surface area contributed by atoms with Crippen molar-refractivity contribution in [1.29, 1.82) is 0 Å². The molecule has 2 fully saturated rings. The van der Waals surface area contributed by atoms with Gasteiger partial charge in [0.05, 0.1) is 0 Å². The Kier molecular flexibility index (Phi) is 1.73. The summed E-state index contributed by atoms with van der Waals surface area (Å²) in [7, 11) is 0. The van der Waals surface area contributed by atoms with Crippen molar-refractivity contribution in [2.45, 2.75) is 0 Å². The van der Waals surface area contributed by atoms with Crippen LogP contribution in [0, 0.1) is 11.8 Å². The Labute approximate surface area is 81.0 Å². The van der Waals surface area contributed by atoms with Crippen LogP contribution in [0.1, 0.15) is 0 Å². The molecule has 2 aliphatic heterocycles. The lowest BCUT2D eigenvalue weighted by atomic mass is 10.0. The molecule has 13 heavy (non-hydrogen) atoms. The highest BCUT2D eigenvalue weighted by molar-refractivity contribution is 7.13. The van der Waals surface area contributed by atoms with E-state index in [4.69, 9.17) is 0 Å². The van der Waals surface area contributed by atoms with Crippen LogP contribution >= 0.6 is 11.3 Å². The average Bonchev–Trinajstić information content (AvgIpc) is 2.78. The van der Waals surface area contributed by atoms with Crippen molar-refractivity contribution in [1.82, 2.24) is 15.5 Å². The van der Waals surface area contributed by atoms with Gasteiger partial charge in [0.2, 0.25) is 5.13 Å². The normalized spacial score (nSPS) is 32.5. The molecule has 1 aromatic rings. The highest BCUT2D eigenvalue weighted by atomic mass is 32.1. The second kappa shape index (κ2) is 2.92. The summed E-state index contributed by atoms with van der Waals surface area (Å²) in [5.74, 6) is 1.67. The molecule has 2 aliphatic rings. The molecule has 0 bridgehead atoms. The molecule has 1 N–H and O–H groups in total. The van der Waals surface area contributed by atoms with Crippen LogP contribution in [-0.4, -0.2) is 36.4 Å². The fourth-order valence-electron chi connectivity index (χ4n) is 2.32. The molecular weight excluding hydrogens is 184 g/mol. The predicted octanol–water partition coefficient (Wildman–Crippen LogP) is 0.194. The summed E-state index contributed by atoms with van der Waals surface area (Å²) >= 11 is 1.64. The first-order valence-electron chi connectivity index (χ1n) is 4.65. The van der Waals surface area contributed by atoms with E-state index < -0.39 is 0 Å². The van der Waals surface area contributed by atoms with Gasteiger partial charge in [-0.25, -0.2) is 0 Å². The summed E-state index contributed by atoms with van der Waals surface area (Å²) in [5.41, 5.74) is 1.81. The van der Waals surface area contributed by atoms with Gasteiger partial charge in [-0.15, -0.1) is 10.2 Å². The van der Waals surface area contributed by atoms with E-state index in [0.29, 0.717) is 0 Å². The van der Waals surface area contributed by atoms with E-state index in [1.165, 1.54) is 13.1 Å². The van der Waals surface area contributed by atoms with Gasteiger partial charge in [0.1, 0.15) is 5.51 Å². The average molecular weight is 196 g/mol. The molecule has 3 rings (SSSR count). The van der Waals surface area contributed by atoms with E-state index in [1.54, 1.807) is 11.3 Å². The lowest BCUT2D eigenvalue weighted by Gasteiger charge is -2.14. The van der Waals surface area contributed by atoms with Crippen LogP contribution in [0.4, 0.5) is 5.13 Å². The lowest BCUT2D eigenvalue weighted by Crippen LogP contribution is -2.25. The fraction of sp³-hybridized carbons (Fsp3) is 0.750. The molecule has 0 amide bonds. The van der Waals surface area contributed by atoms with Crippen molar-refractivity contribution >= 4 is 16.5 Å². The lowest BCUT2D eigenvalue weighted by molar-refractivity contribution is 0.533. The Hall–Kier alpha value is -0.680. The number of nitrogens with one attached hydrogen (secondary N) is 1. The third-order valence-electron chi connectivity index (χ3n) is 3.01. The maximum atomic E-state index is 4.10. The number of hydrogen-bond donors (Lipinski definition) is 1. The Bertz CT molecular complexity index is 274. The third-order valence-corrected chi connectivity index (χ3v) is 3.76. The molecule has 0 radical (unpaired) electrons. The molecule has 5 heteroatoms. The van der Waals surface area contributed by atoms with Crippen molar-refractivity contribution in [2.75, 3.05) is 31.1 Å². The summed E-state index contributed by atoms with van der Waals surface area (Å²) in [6.07, 6.45) is 0. The number of rotatable bonds is 1. The van der Waals surface area contributed by atoms with Gasteiger partial charge in [0.25, 0.3) is 0 Å². The Morgan fingerprint density at radius 2 is 2.15 bits per heavy atom. The third kappa shape index (κ3) is 1.23. The zero-order valence-corrected chi connectivity index (χ0v) is 8.13. The number of anilines is 1. The quantitative estimate of drug-likeness (QED) is 0.696. The molecule has 0 saturated carbocycles. The first-order valence-corrected chi connectivity index (χ1v) is 5.53. The van der Waals surface area contributed by atoms with Crippen LogP contribution in [0.15, 0.2) is 5.51 Å². The van der Waals surface area contributed by atoms with Crippen LogP contribution in [0.25, 0.3) is 0 Å². The SMILES string of the molecule is c1nnc(N2C[C@H]3CNC[C@H]3C2)s1. The van der Waals surface area contributed by atoms with Crippen molar-refractivity contribution < 1.29 is 0 Å². The summed E-state index contributed by atoms with van der Waals surface area (Å²) in [5, 5.41) is 12.5. The number of hydrogen-bond acceptors (Lipinski definition) is 5. The van der Waals surface area contributed by atoms with Gasteiger partial charge in [0.15, 0.2) is 0 Å². The van der Waals surface area contributed by atoms with Gasteiger partial charge in [-0.2, -0.15) is 0 Å². The number of aromatic nitrogens is 2. The van der Waals surface area contributed by atoms with Crippen molar-refractivity contribution in [2.24, 2.45) is 11.8 Å².